The van der Waals surface area contributed by atoms with Crippen LogP contribution in [-0.4, -0.2) is 10.1 Å². The van der Waals surface area contributed by atoms with Crippen molar-refractivity contribution >= 4 is 22.9 Å². The highest BCUT2D eigenvalue weighted by Crippen LogP contribution is 2.21. The normalized spacial score (nSPS) is 9.42. The first-order chi connectivity index (χ1) is 5.74. The topological polar surface area (TPSA) is 32.3 Å². The Balaban J connectivity index is 2.75. The Kier molecular flexibility index (Phi) is 3.05. The highest BCUT2D eigenvalue weighted by Gasteiger charge is 1.99. The number of benzene rings is 1. The smallest absolute Gasteiger partial charge is 0.139 e. The van der Waals surface area contributed by atoms with Gasteiger partial charge in [0.05, 0.1) is 10.7 Å². The number of hydrogen-bond donors (Lipinski definition) is 2. The molecule has 0 atom stereocenters. The summed E-state index contributed by atoms with van der Waals surface area (Å²) in [4.78, 5) is 0.733. The van der Waals surface area contributed by atoms with Gasteiger partial charge in [-0.05, 0) is 18.6 Å². The zero-order valence-electron chi connectivity index (χ0n) is 6.87. The predicted octanol–water partition coefficient (Wildman–Crippen LogP) is 2.54. The first-order valence-corrected chi connectivity index (χ1v) is 4.22. The van der Waals surface area contributed by atoms with Gasteiger partial charge in [-0.2, -0.15) is 0 Å². The van der Waals surface area contributed by atoms with E-state index < -0.39 is 0 Å². The van der Waals surface area contributed by atoms with Crippen LogP contribution in [0, 0.1) is 0 Å². The van der Waals surface area contributed by atoms with Crippen LogP contribution in [0.1, 0.15) is 13.3 Å². The minimum absolute atomic E-state index is 0.230. The summed E-state index contributed by atoms with van der Waals surface area (Å²) in [5.74, 6) is 0.230. The van der Waals surface area contributed by atoms with E-state index in [2.05, 4.69) is 5.32 Å². The van der Waals surface area contributed by atoms with Crippen molar-refractivity contribution in [1.29, 1.82) is 0 Å². The quantitative estimate of drug-likeness (QED) is 0.543. The summed E-state index contributed by atoms with van der Waals surface area (Å²) < 4.78 is 0. The molecule has 0 aliphatic carbocycles. The molecule has 1 rings (SSSR count). The second-order valence-corrected chi connectivity index (χ2v) is 2.91. The van der Waals surface area contributed by atoms with Crippen molar-refractivity contribution in [3.8, 4) is 5.75 Å². The average molecular weight is 181 g/mol. The summed E-state index contributed by atoms with van der Waals surface area (Å²) in [5.41, 5.74) is 0.671. The van der Waals surface area contributed by atoms with Gasteiger partial charge in [0, 0.05) is 0 Å². The van der Waals surface area contributed by atoms with Gasteiger partial charge in [0.15, 0.2) is 0 Å². The second kappa shape index (κ2) is 4.07. The molecule has 0 saturated heterocycles. The average Bonchev–Trinajstić information content (AvgIpc) is 2.09. The van der Waals surface area contributed by atoms with Crippen LogP contribution in [0.3, 0.4) is 0 Å². The van der Waals surface area contributed by atoms with E-state index in [1.165, 1.54) is 0 Å². The van der Waals surface area contributed by atoms with Gasteiger partial charge in [-0.1, -0.05) is 31.3 Å². The van der Waals surface area contributed by atoms with Gasteiger partial charge in [-0.25, -0.2) is 0 Å². The molecular formula is C9H11NOS. The zero-order valence-corrected chi connectivity index (χ0v) is 7.69. The summed E-state index contributed by atoms with van der Waals surface area (Å²) >= 11 is 4.97. The van der Waals surface area contributed by atoms with Crippen molar-refractivity contribution < 1.29 is 5.11 Å². The number of phenolic OH excluding ortho intramolecular Hbond substituents is 1. The molecule has 1 aromatic rings. The van der Waals surface area contributed by atoms with Gasteiger partial charge >= 0.3 is 0 Å². The van der Waals surface area contributed by atoms with Crippen LogP contribution in [0.15, 0.2) is 24.3 Å². The van der Waals surface area contributed by atoms with Crippen molar-refractivity contribution in [3.05, 3.63) is 24.3 Å². The molecule has 1 aromatic carbocycles. The molecule has 0 heterocycles. The molecule has 0 unspecified atom stereocenters. The van der Waals surface area contributed by atoms with Crippen molar-refractivity contribution in [1.82, 2.24) is 0 Å². The van der Waals surface area contributed by atoms with Crippen molar-refractivity contribution in [2.45, 2.75) is 13.3 Å². The van der Waals surface area contributed by atoms with Gasteiger partial charge in [-0.3, -0.25) is 0 Å². The fraction of sp³-hybridized carbons (Fsp3) is 0.222. The molecule has 0 spiro atoms. The van der Waals surface area contributed by atoms with Crippen LogP contribution in [0.4, 0.5) is 5.69 Å². The van der Waals surface area contributed by atoms with E-state index in [0.717, 1.165) is 11.4 Å². The van der Waals surface area contributed by atoms with Crippen LogP contribution < -0.4 is 5.32 Å². The summed E-state index contributed by atoms with van der Waals surface area (Å²) in [5, 5.41) is 12.3. The van der Waals surface area contributed by atoms with Crippen LogP contribution >= 0.6 is 12.2 Å². The lowest BCUT2D eigenvalue weighted by atomic mass is 10.3. The van der Waals surface area contributed by atoms with Crippen molar-refractivity contribution in [2.75, 3.05) is 5.32 Å². The van der Waals surface area contributed by atoms with Crippen LogP contribution in [-0.2, 0) is 0 Å². The van der Waals surface area contributed by atoms with Gasteiger partial charge in [0.2, 0.25) is 0 Å². The number of phenols is 1. The molecule has 2 nitrogen and oxygen atoms in total. The first kappa shape index (κ1) is 9.00. The first-order valence-electron chi connectivity index (χ1n) is 3.82. The number of rotatable bonds is 2. The SMILES string of the molecule is CCC(=S)Nc1ccccc1O. The summed E-state index contributed by atoms with van der Waals surface area (Å²) in [6, 6.07) is 7.04. The Morgan fingerprint density at radius 1 is 1.50 bits per heavy atom. The summed E-state index contributed by atoms with van der Waals surface area (Å²) in [7, 11) is 0. The van der Waals surface area contributed by atoms with E-state index >= 15 is 0 Å². The van der Waals surface area contributed by atoms with Crippen molar-refractivity contribution in [3.63, 3.8) is 0 Å². The van der Waals surface area contributed by atoms with Crippen LogP contribution in [0.5, 0.6) is 5.75 Å². The largest absolute Gasteiger partial charge is 0.506 e. The third-order valence-electron chi connectivity index (χ3n) is 1.50. The monoisotopic (exact) mass is 181 g/mol. The molecule has 12 heavy (non-hydrogen) atoms. The highest BCUT2D eigenvalue weighted by atomic mass is 32.1. The Labute approximate surface area is 77.2 Å². The van der Waals surface area contributed by atoms with E-state index in [-0.39, 0.29) is 5.75 Å². The number of anilines is 1. The number of nitrogens with one attached hydrogen (secondary N) is 1. The summed E-state index contributed by atoms with van der Waals surface area (Å²) in [6.45, 7) is 1.97. The molecule has 0 fully saturated rings. The predicted molar refractivity (Wildman–Crippen MR) is 54.6 cm³/mol. The van der Waals surface area contributed by atoms with E-state index in [1.54, 1.807) is 18.2 Å². The van der Waals surface area contributed by atoms with Crippen LogP contribution in [0.25, 0.3) is 0 Å². The van der Waals surface area contributed by atoms with E-state index in [4.69, 9.17) is 12.2 Å². The maximum atomic E-state index is 9.33. The third-order valence-corrected chi connectivity index (χ3v) is 1.89. The van der Waals surface area contributed by atoms with E-state index in [9.17, 15) is 5.11 Å². The number of aromatic hydroxyl groups is 1. The highest BCUT2D eigenvalue weighted by molar-refractivity contribution is 7.80. The summed E-state index contributed by atoms with van der Waals surface area (Å²) in [6.07, 6.45) is 0.781. The fourth-order valence-corrected chi connectivity index (χ4v) is 0.928. The molecular weight excluding hydrogens is 170 g/mol. The van der Waals surface area contributed by atoms with E-state index in [1.807, 2.05) is 13.0 Å². The number of thiocarbonyl (C=S) groups is 1. The fourth-order valence-electron chi connectivity index (χ4n) is 0.818. The van der Waals surface area contributed by atoms with Gasteiger partial charge in [0.1, 0.15) is 5.75 Å². The Bertz CT molecular complexity index is 286. The van der Waals surface area contributed by atoms with Gasteiger partial charge in [0.25, 0.3) is 0 Å². The molecule has 0 radical (unpaired) electrons. The Morgan fingerprint density at radius 3 is 2.75 bits per heavy atom. The lowest BCUT2D eigenvalue weighted by Crippen LogP contribution is -2.06. The van der Waals surface area contributed by atoms with Gasteiger partial charge < -0.3 is 10.4 Å². The molecule has 2 N–H and O–H groups in total. The lowest BCUT2D eigenvalue weighted by Gasteiger charge is -2.06. The molecule has 0 aliphatic heterocycles. The van der Waals surface area contributed by atoms with Crippen LogP contribution in [0.2, 0.25) is 0 Å². The molecule has 0 aromatic heterocycles. The third kappa shape index (κ3) is 2.20. The number of hydrogen-bond acceptors (Lipinski definition) is 2. The molecule has 0 saturated carbocycles. The molecule has 0 amide bonds. The zero-order chi connectivity index (χ0) is 8.97. The minimum atomic E-state index is 0.230. The maximum absolute atomic E-state index is 9.33. The Morgan fingerprint density at radius 2 is 2.17 bits per heavy atom. The molecule has 0 aliphatic rings. The molecule has 3 heteroatoms. The number of para-hydroxylation sites is 2. The van der Waals surface area contributed by atoms with Crippen molar-refractivity contribution in [2.24, 2.45) is 0 Å². The van der Waals surface area contributed by atoms with Gasteiger partial charge in [-0.15, -0.1) is 0 Å². The standard InChI is InChI=1S/C9H11NOS/c1-2-9(12)10-7-5-3-4-6-8(7)11/h3-6,11H,2H2,1H3,(H,10,12). The maximum Gasteiger partial charge on any atom is 0.139 e. The molecule has 64 valence electrons. The van der Waals surface area contributed by atoms with E-state index in [0.29, 0.717) is 5.69 Å². The Hall–Kier alpha value is -1.09. The minimum Gasteiger partial charge on any atom is -0.506 e. The lowest BCUT2D eigenvalue weighted by molar-refractivity contribution is 0.478. The second-order valence-electron chi connectivity index (χ2n) is 2.42. The molecule has 0 bridgehead atoms.